The molecule has 1 aliphatic rings. The Balaban J connectivity index is 0.00000420. The number of hydrogen-bond acceptors (Lipinski definition) is 6. The highest BCUT2D eigenvalue weighted by atomic mass is 35.5. The zero-order valence-electron chi connectivity index (χ0n) is 17.0. The fraction of sp³-hybridized carbons (Fsp3) is 0.579. The number of carboxylic acids is 1. The van der Waals surface area contributed by atoms with Gasteiger partial charge in [0.25, 0.3) is 5.69 Å². The Morgan fingerprint density at radius 1 is 1.38 bits per heavy atom. The van der Waals surface area contributed by atoms with Crippen LogP contribution >= 0.6 is 12.4 Å². The number of hydrogen-bond donors (Lipinski definition) is 2. The van der Waals surface area contributed by atoms with Crippen LogP contribution in [0.4, 0.5) is 11.4 Å². The topological polar surface area (TPSA) is 116 Å². The summed E-state index contributed by atoms with van der Waals surface area (Å²) in [5, 5.41) is 22.9. The van der Waals surface area contributed by atoms with Crippen LogP contribution in [0, 0.1) is 17.0 Å². The Kier molecular flexibility index (Phi) is 9.48. The van der Waals surface area contributed by atoms with Gasteiger partial charge in [-0.3, -0.25) is 29.5 Å². The molecular formula is C19H29ClN4O5. The summed E-state index contributed by atoms with van der Waals surface area (Å²) in [7, 11) is 1.82. The number of carbonyl (C=O) groups is 2. The molecule has 0 bridgehead atoms. The monoisotopic (exact) mass is 428 g/mol. The number of anilines is 1. The molecule has 1 saturated heterocycles. The summed E-state index contributed by atoms with van der Waals surface area (Å²) in [6.45, 7) is 4.89. The minimum absolute atomic E-state index is 0. The van der Waals surface area contributed by atoms with Crippen LogP contribution in [0.2, 0.25) is 0 Å². The van der Waals surface area contributed by atoms with Crippen LogP contribution < -0.4 is 5.32 Å². The number of halogens is 1. The lowest BCUT2D eigenvalue weighted by molar-refractivity contribution is -0.385. The third-order valence-corrected chi connectivity index (χ3v) is 5.43. The normalized spacial score (nSPS) is 18.4. The molecular weight excluding hydrogens is 400 g/mol. The molecule has 0 aromatic heterocycles. The standard InChI is InChI=1S/C19H28N4O5.ClH/c1-13-16(7-4-8-17(13)23(27)28)20-19(26)14(2)22-10-5-6-15(9-11-22)21(3)12-18(24)25;/h4,7-8,14-15H,5-6,9-12H2,1-3H3,(H,20,26)(H,24,25);1H. The fourth-order valence-corrected chi connectivity index (χ4v) is 3.63. The van der Waals surface area contributed by atoms with Gasteiger partial charge in [0.15, 0.2) is 0 Å². The Bertz CT molecular complexity index is 745. The van der Waals surface area contributed by atoms with Gasteiger partial charge in [-0.25, -0.2) is 0 Å². The van der Waals surface area contributed by atoms with E-state index in [1.807, 2.05) is 18.9 Å². The van der Waals surface area contributed by atoms with Gasteiger partial charge in [-0.2, -0.15) is 0 Å². The van der Waals surface area contributed by atoms with E-state index in [9.17, 15) is 19.7 Å². The number of amides is 1. The number of nitro groups is 1. The van der Waals surface area contributed by atoms with Crippen molar-refractivity contribution >= 4 is 35.7 Å². The van der Waals surface area contributed by atoms with Crippen molar-refractivity contribution in [1.82, 2.24) is 9.80 Å². The molecule has 162 valence electrons. The van der Waals surface area contributed by atoms with Crippen molar-refractivity contribution < 1.29 is 19.6 Å². The molecule has 0 aliphatic carbocycles. The summed E-state index contributed by atoms with van der Waals surface area (Å²) in [4.78, 5) is 38.2. The molecule has 2 unspecified atom stereocenters. The lowest BCUT2D eigenvalue weighted by Crippen LogP contribution is -2.43. The van der Waals surface area contributed by atoms with Gasteiger partial charge >= 0.3 is 5.97 Å². The number of rotatable bonds is 7. The summed E-state index contributed by atoms with van der Waals surface area (Å²) in [5.74, 6) is -1.05. The predicted octanol–water partition coefficient (Wildman–Crippen LogP) is 2.52. The molecule has 29 heavy (non-hydrogen) atoms. The number of benzene rings is 1. The third kappa shape index (κ3) is 6.66. The second-order valence-electron chi connectivity index (χ2n) is 7.30. The molecule has 2 atom stereocenters. The molecule has 9 nitrogen and oxygen atoms in total. The van der Waals surface area contributed by atoms with Crippen LogP contribution in [0.1, 0.15) is 31.7 Å². The van der Waals surface area contributed by atoms with Gasteiger partial charge in [-0.1, -0.05) is 6.07 Å². The number of likely N-dealkylation sites (N-methyl/N-ethyl adjacent to an activating group) is 1. The molecule has 1 aliphatic heterocycles. The maximum Gasteiger partial charge on any atom is 0.317 e. The average Bonchev–Trinajstić information content (AvgIpc) is 2.88. The highest BCUT2D eigenvalue weighted by Crippen LogP contribution is 2.25. The summed E-state index contributed by atoms with van der Waals surface area (Å²) in [5.41, 5.74) is 0.851. The molecule has 2 N–H and O–H groups in total. The lowest BCUT2D eigenvalue weighted by Gasteiger charge is -2.28. The van der Waals surface area contributed by atoms with Crippen LogP contribution in [0.25, 0.3) is 0 Å². The second kappa shape index (κ2) is 11.1. The third-order valence-electron chi connectivity index (χ3n) is 5.43. The first-order chi connectivity index (χ1) is 13.2. The van der Waals surface area contributed by atoms with Gasteiger partial charge in [-0.05, 0) is 52.8 Å². The lowest BCUT2D eigenvalue weighted by atomic mass is 10.1. The fourth-order valence-electron chi connectivity index (χ4n) is 3.63. The molecule has 1 heterocycles. The van der Waals surface area contributed by atoms with Crippen LogP contribution in [0.5, 0.6) is 0 Å². The van der Waals surface area contributed by atoms with E-state index in [1.165, 1.54) is 6.07 Å². The first-order valence-electron chi connectivity index (χ1n) is 9.41. The van der Waals surface area contributed by atoms with E-state index in [0.717, 1.165) is 25.8 Å². The van der Waals surface area contributed by atoms with E-state index in [-0.39, 0.29) is 42.6 Å². The summed E-state index contributed by atoms with van der Waals surface area (Å²) < 4.78 is 0. The van der Waals surface area contributed by atoms with Crippen molar-refractivity contribution in [3.8, 4) is 0 Å². The summed E-state index contributed by atoms with van der Waals surface area (Å²) in [6.07, 6.45) is 2.55. The van der Waals surface area contributed by atoms with Crippen LogP contribution in [-0.4, -0.2) is 70.5 Å². The number of nitrogens with zero attached hydrogens (tertiary/aromatic N) is 3. The molecule has 2 rings (SSSR count). The zero-order chi connectivity index (χ0) is 20.8. The molecule has 0 spiro atoms. The predicted molar refractivity (Wildman–Crippen MR) is 113 cm³/mol. The van der Waals surface area contributed by atoms with Crippen molar-refractivity contribution in [2.45, 2.75) is 45.2 Å². The maximum absolute atomic E-state index is 12.7. The number of likely N-dealkylation sites (tertiary alicyclic amines) is 1. The number of nitro benzene ring substituents is 1. The van der Waals surface area contributed by atoms with Gasteiger partial charge in [-0.15, -0.1) is 12.4 Å². The molecule has 1 amide bonds. The smallest absolute Gasteiger partial charge is 0.317 e. The van der Waals surface area contributed by atoms with Gasteiger partial charge in [0.05, 0.1) is 28.8 Å². The van der Waals surface area contributed by atoms with E-state index in [0.29, 0.717) is 17.8 Å². The van der Waals surface area contributed by atoms with E-state index < -0.39 is 10.9 Å². The van der Waals surface area contributed by atoms with E-state index >= 15 is 0 Å². The average molecular weight is 429 g/mol. The van der Waals surface area contributed by atoms with Crippen molar-refractivity contribution in [2.24, 2.45) is 0 Å². The number of nitrogens with one attached hydrogen (secondary N) is 1. The van der Waals surface area contributed by atoms with Gasteiger partial charge < -0.3 is 10.4 Å². The number of carbonyl (C=O) groups excluding carboxylic acids is 1. The van der Waals surface area contributed by atoms with Gasteiger partial charge in [0.1, 0.15) is 0 Å². The molecule has 1 aromatic rings. The SMILES string of the molecule is Cc1c(NC(=O)C(C)N2CCCC(N(C)CC(=O)O)CC2)cccc1[N+](=O)[O-].Cl. The van der Waals surface area contributed by atoms with Crippen LogP contribution in [0.3, 0.4) is 0 Å². The molecule has 0 radical (unpaired) electrons. The van der Waals surface area contributed by atoms with Crippen LogP contribution in [-0.2, 0) is 9.59 Å². The van der Waals surface area contributed by atoms with Crippen LogP contribution in [0.15, 0.2) is 18.2 Å². The Hall–Kier alpha value is -2.23. The first kappa shape index (κ1) is 24.8. The van der Waals surface area contributed by atoms with Gasteiger partial charge in [0, 0.05) is 18.7 Å². The van der Waals surface area contributed by atoms with Gasteiger partial charge in [0.2, 0.25) is 5.91 Å². The highest BCUT2D eigenvalue weighted by Gasteiger charge is 2.27. The molecule has 0 saturated carbocycles. The van der Waals surface area contributed by atoms with E-state index in [2.05, 4.69) is 10.2 Å². The number of carboxylic acid groups (broad SMARTS) is 1. The molecule has 10 heteroatoms. The molecule has 1 aromatic carbocycles. The number of aliphatic carboxylic acids is 1. The quantitative estimate of drug-likeness (QED) is 0.506. The van der Waals surface area contributed by atoms with Crippen molar-refractivity contribution in [1.29, 1.82) is 0 Å². The summed E-state index contributed by atoms with van der Waals surface area (Å²) >= 11 is 0. The minimum atomic E-state index is -0.844. The highest BCUT2D eigenvalue weighted by molar-refractivity contribution is 5.95. The first-order valence-corrected chi connectivity index (χ1v) is 9.41. The van der Waals surface area contributed by atoms with E-state index in [4.69, 9.17) is 5.11 Å². The Morgan fingerprint density at radius 3 is 2.69 bits per heavy atom. The zero-order valence-corrected chi connectivity index (χ0v) is 17.8. The molecule has 1 fully saturated rings. The second-order valence-corrected chi connectivity index (χ2v) is 7.30. The summed E-state index contributed by atoms with van der Waals surface area (Å²) in [6, 6.07) is 4.42. The largest absolute Gasteiger partial charge is 0.480 e. The van der Waals surface area contributed by atoms with Crippen molar-refractivity contribution in [3.05, 3.63) is 33.9 Å². The Labute approximate surface area is 176 Å². The van der Waals surface area contributed by atoms with E-state index in [1.54, 1.807) is 19.1 Å². The van der Waals surface area contributed by atoms with Crippen molar-refractivity contribution in [2.75, 3.05) is 32.0 Å². The Morgan fingerprint density at radius 2 is 2.07 bits per heavy atom. The maximum atomic E-state index is 12.7. The minimum Gasteiger partial charge on any atom is -0.480 e. The van der Waals surface area contributed by atoms with Crippen molar-refractivity contribution in [3.63, 3.8) is 0 Å².